The first-order valence-electron chi connectivity index (χ1n) is 10.7. The van der Waals surface area contributed by atoms with E-state index in [4.69, 9.17) is 15.2 Å². The summed E-state index contributed by atoms with van der Waals surface area (Å²) >= 11 is 0. The van der Waals surface area contributed by atoms with Gasteiger partial charge in [-0.2, -0.15) is 18.4 Å². The van der Waals surface area contributed by atoms with Gasteiger partial charge in [-0.3, -0.25) is 4.98 Å². The maximum Gasteiger partial charge on any atom is 0.416 e. The van der Waals surface area contributed by atoms with E-state index < -0.39 is 11.7 Å². The molecule has 170 valence electrons. The molecule has 2 aromatic carbocycles. The minimum absolute atomic E-state index is 0.0997. The first-order chi connectivity index (χ1) is 15.8. The monoisotopic (exact) mass is 454 g/mol. The highest BCUT2D eigenvalue weighted by atomic mass is 19.4. The number of ether oxygens (including phenoxy) is 2. The molecule has 1 saturated heterocycles. The second-order valence-electron chi connectivity index (χ2n) is 8.24. The minimum atomic E-state index is -4.46. The van der Waals surface area contributed by atoms with E-state index in [1.807, 2.05) is 0 Å². The molecule has 9 heteroatoms. The Morgan fingerprint density at radius 1 is 1.24 bits per heavy atom. The molecule has 2 aliphatic rings. The average molecular weight is 454 g/mol. The van der Waals surface area contributed by atoms with E-state index in [0.29, 0.717) is 59.9 Å². The molecule has 33 heavy (non-hydrogen) atoms. The molecule has 0 radical (unpaired) electrons. The predicted octanol–water partition coefficient (Wildman–Crippen LogP) is 4.96. The zero-order valence-corrected chi connectivity index (χ0v) is 17.7. The highest BCUT2D eigenvalue weighted by molar-refractivity contribution is 5.99. The molecule has 1 fully saturated rings. The van der Waals surface area contributed by atoms with Gasteiger partial charge in [-0.1, -0.05) is 6.07 Å². The number of rotatable bonds is 3. The van der Waals surface area contributed by atoms with Gasteiger partial charge < -0.3 is 20.1 Å². The number of nitrogen functional groups attached to an aromatic ring is 1. The SMILES string of the molecule is N#Cc1cnc2cc(OC3CCOC3)c(N)cc2c1N1CCCc2ccc(C(F)(F)F)cc21. The normalized spacial score (nSPS) is 18.2. The molecule has 1 aromatic heterocycles. The number of hydrogen-bond acceptors (Lipinski definition) is 6. The van der Waals surface area contributed by atoms with Crippen molar-refractivity contribution in [3.63, 3.8) is 0 Å². The van der Waals surface area contributed by atoms with Gasteiger partial charge in [0, 0.05) is 36.3 Å². The number of nitriles is 1. The maximum absolute atomic E-state index is 13.4. The maximum atomic E-state index is 13.4. The van der Waals surface area contributed by atoms with Gasteiger partial charge in [0.1, 0.15) is 17.9 Å². The van der Waals surface area contributed by atoms with Crippen molar-refractivity contribution in [1.29, 1.82) is 5.26 Å². The number of aromatic nitrogens is 1. The molecule has 0 amide bonds. The summed E-state index contributed by atoms with van der Waals surface area (Å²) in [5.74, 6) is 0.472. The third kappa shape index (κ3) is 3.91. The number of aryl methyl sites for hydroxylation is 1. The topological polar surface area (TPSA) is 84.4 Å². The van der Waals surface area contributed by atoms with Crippen LogP contribution in [0.4, 0.5) is 30.2 Å². The molecule has 1 atom stereocenters. The number of hydrogen-bond donors (Lipinski definition) is 1. The van der Waals surface area contributed by atoms with Gasteiger partial charge in [0.15, 0.2) is 0 Å². The number of pyridine rings is 1. The van der Waals surface area contributed by atoms with Crippen molar-refractivity contribution in [1.82, 2.24) is 4.98 Å². The number of fused-ring (bicyclic) bond motifs is 2. The van der Waals surface area contributed by atoms with E-state index in [2.05, 4.69) is 11.1 Å². The third-order valence-corrected chi connectivity index (χ3v) is 6.07. The first-order valence-corrected chi connectivity index (χ1v) is 10.7. The molecule has 0 aliphatic carbocycles. The fourth-order valence-corrected chi connectivity index (χ4v) is 4.47. The Labute approximate surface area is 188 Å². The molecule has 0 bridgehead atoms. The lowest BCUT2D eigenvalue weighted by molar-refractivity contribution is -0.137. The van der Waals surface area contributed by atoms with Crippen molar-refractivity contribution in [2.24, 2.45) is 0 Å². The molecular formula is C24H21F3N4O2. The van der Waals surface area contributed by atoms with Crippen LogP contribution in [0, 0.1) is 11.3 Å². The Hall–Kier alpha value is -3.51. The van der Waals surface area contributed by atoms with E-state index in [-0.39, 0.29) is 11.7 Å². The van der Waals surface area contributed by atoms with Gasteiger partial charge in [-0.15, -0.1) is 0 Å². The van der Waals surface area contributed by atoms with Crippen LogP contribution < -0.4 is 15.4 Å². The summed E-state index contributed by atoms with van der Waals surface area (Å²) in [5, 5.41) is 10.4. The lowest BCUT2D eigenvalue weighted by Crippen LogP contribution is -2.26. The van der Waals surface area contributed by atoms with E-state index in [9.17, 15) is 18.4 Å². The van der Waals surface area contributed by atoms with E-state index >= 15 is 0 Å². The van der Waals surface area contributed by atoms with Crippen LogP contribution in [0.5, 0.6) is 5.75 Å². The van der Waals surface area contributed by atoms with Crippen molar-refractivity contribution in [3.8, 4) is 11.8 Å². The third-order valence-electron chi connectivity index (χ3n) is 6.07. The number of nitrogens with zero attached hydrogens (tertiary/aromatic N) is 3. The lowest BCUT2D eigenvalue weighted by Gasteiger charge is -2.33. The van der Waals surface area contributed by atoms with Crippen molar-refractivity contribution in [2.75, 3.05) is 30.4 Å². The van der Waals surface area contributed by atoms with Crippen LogP contribution in [0.1, 0.15) is 29.5 Å². The Balaban J connectivity index is 1.65. The molecule has 6 nitrogen and oxygen atoms in total. The molecule has 5 rings (SSSR count). The zero-order chi connectivity index (χ0) is 23.2. The molecule has 3 aromatic rings. The largest absolute Gasteiger partial charge is 0.486 e. The Kier molecular flexibility index (Phi) is 5.25. The highest BCUT2D eigenvalue weighted by Gasteiger charge is 2.33. The van der Waals surface area contributed by atoms with E-state index in [0.717, 1.165) is 30.5 Å². The smallest absolute Gasteiger partial charge is 0.416 e. The van der Waals surface area contributed by atoms with Crippen LogP contribution in [0.2, 0.25) is 0 Å². The van der Waals surface area contributed by atoms with Crippen LogP contribution >= 0.6 is 0 Å². The summed E-state index contributed by atoms with van der Waals surface area (Å²) in [5.41, 5.74) is 8.50. The fraction of sp³-hybridized carbons (Fsp3) is 0.333. The van der Waals surface area contributed by atoms with Gasteiger partial charge in [0.2, 0.25) is 0 Å². The van der Waals surface area contributed by atoms with Crippen molar-refractivity contribution < 1.29 is 22.6 Å². The van der Waals surface area contributed by atoms with Crippen LogP contribution in [0.15, 0.2) is 36.5 Å². The summed E-state index contributed by atoms with van der Waals surface area (Å²) in [6.07, 6.45) is -0.952. The van der Waals surface area contributed by atoms with Gasteiger partial charge in [0.05, 0.1) is 41.2 Å². The van der Waals surface area contributed by atoms with Gasteiger partial charge >= 0.3 is 6.18 Å². The standard InChI is InChI=1S/C24H21F3N4O2/c25-24(26,27)16-4-3-14-2-1-6-31(21(14)8-16)23-15(11-28)12-30-20-10-22(19(29)9-18(20)23)33-17-5-7-32-13-17/h3-4,8-10,12,17H,1-2,5-7,13,29H2. The number of alkyl halides is 3. The Morgan fingerprint density at radius 3 is 2.82 bits per heavy atom. The number of benzene rings is 2. The minimum Gasteiger partial charge on any atom is -0.486 e. The summed E-state index contributed by atoms with van der Waals surface area (Å²) in [6.45, 7) is 1.58. The second-order valence-corrected chi connectivity index (χ2v) is 8.24. The van der Waals surface area contributed by atoms with Crippen LogP contribution in [0.25, 0.3) is 10.9 Å². The van der Waals surface area contributed by atoms with Crippen molar-refractivity contribution in [2.45, 2.75) is 31.5 Å². The average Bonchev–Trinajstić information content (AvgIpc) is 3.31. The molecule has 0 spiro atoms. The van der Waals surface area contributed by atoms with Gasteiger partial charge in [-0.25, -0.2) is 0 Å². The van der Waals surface area contributed by atoms with Crippen LogP contribution in [0.3, 0.4) is 0 Å². The summed E-state index contributed by atoms with van der Waals surface area (Å²) in [7, 11) is 0. The molecule has 0 saturated carbocycles. The Morgan fingerprint density at radius 2 is 2.09 bits per heavy atom. The molecule has 3 heterocycles. The summed E-state index contributed by atoms with van der Waals surface area (Å²) < 4.78 is 51.6. The van der Waals surface area contributed by atoms with Gasteiger partial charge in [0.25, 0.3) is 0 Å². The fourth-order valence-electron chi connectivity index (χ4n) is 4.47. The molecule has 1 unspecified atom stereocenters. The molecular weight excluding hydrogens is 433 g/mol. The Bertz CT molecular complexity index is 1260. The molecule has 2 N–H and O–H groups in total. The van der Waals surface area contributed by atoms with E-state index in [1.165, 1.54) is 12.3 Å². The van der Waals surface area contributed by atoms with Crippen LogP contribution in [-0.2, 0) is 17.3 Å². The number of nitrogens with two attached hydrogens (primary N) is 1. The van der Waals surface area contributed by atoms with Crippen molar-refractivity contribution in [3.05, 3.63) is 53.2 Å². The molecule has 2 aliphatic heterocycles. The summed E-state index contributed by atoms with van der Waals surface area (Å²) in [4.78, 5) is 6.18. The summed E-state index contributed by atoms with van der Waals surface area (Å²) in [6, 6.07) is 9.31. The second kappa shape index (κ2) is 8.12. The number of halogens is 3. The first kappa shape index (κ1) is 21.3. The lowest BCUT2D eigenvalue weighted by atomic mass is 9.97. The van der Waals surface area contributed by atoms with Crippen LogP contribution in [-0.4, -0.2) is 30.8 Å². The van der Waals surface area contributed by atoms with E-state index in [1.54, 1.807) is 17.0 Å². The zero-order valence-electron chi connectivity index (χ0n) is 17.7. The van der Waals surface area contributed by atoms with Gasteiger partial charge in [-0.05, 0) is 36.6 Å². The van der Waals surface area contributed by atoms with Crippen molar-refractivity contribution >= 4 is 28.0 Å². The number of anilines is 3. The highest BCUT2D eigenvalue weighted by Crippen LogP contribution is 2.43. The predicted molar refractivity (Wildman–Crippen MR) is 117 cm³/mol. The quantitative estimate of drug-likeness (QED) is 0.563.